The quantitative estimate of drug-likeness (QED) is 0.794. The number of halogens is 1. The van der Waals surface area contributed by atoms with Crippen LogP contribution >= 0.6 is 15.9 Å². The zero-order valence-corrected chi connectivity index (χ0v) is 12.2. The van der Waals surface area contributed by atoms with Gasteiger partial charge in [0.05, 0.1) is 6.54 Å². The monoisotopic (exact) mass is 315 g/mol. The SMILES string of the molecule is CCCNc1ncnc(N(CC)CC(N)=O)c1Br. The zero-order valence-electron chi connectivity index (χ0n) is 10.6. The van der Waals surface area contributed by atoms with Crippen molar-refractivity contribution in [2.45, 2.75) is 20.3 Å². The number of carbonyl (C=O) groups is 1. The van der Waals surface area contributed by atoms with Gasteiger partial charge in [0.2, 0.25) is 5.91 Å². The van der Waals surface area contributed by atoms with E-state index >= 15 is 0 Å². The molecule has 0 aliphatic carbocycles. The van der Waals surface area contributed by atoms with Crippen molar-refractivity contribution in [1.82, 2.24) is 9.97 Å². The molecule has 0 saturated carbocycles. The number of anilines is 2. The van der Waals surface area contributed by atoms with Gasteiger partial charge in [-0.25, -0.2) is 9.97 Å². The Morgan fingerprint density at radius 1 is 1.50 bits per heavy atom. The lowest BCUT2D eigenvalue weighted by Gasteiger charge is -2.22. The van der Waals surface area contributed by atoms with Gasteiger partial charge in [-0.2, -0.15) is 0 Å². The van der Waals surface area contributed by atoms with Gasteiger partial charge in [-0.3, -0.25) is 4.79 Å². The molecule has 0 saturated heterocycles. The summed E-state index contributed by atoms with van der Waals surface area (Å²) in [5, 5.41) is 3.19. The van der Waals surface area contributed by atoms with E-state index in [4.69, 9.17) is 5.73 Å². The second kappa shape index (κ2) is 7.15. The maximum atomic E-state index is 11.0. The highest BCUT2D eigenvalue weighted by atomic mass is 79.9. The van der Waals surface area contributed by atoms with Crippen molar-refractivity contribution < 1.29 is 4.79 Å². The number of nitrogens with zero attached hydrogens (tertiary/aromatic N) is 3. The van der Waals surface area contributed by atoms with E-state index in [1.54, 1.807) is 4.90 Å². The van der Waals surface area contributed by atoms with Crippen LogP contribution in [-0.4, -0.2) is 35.5 Å². The van der Waals surface area contributed by atoms with Crippen LogP contribution in [0.2, 0.25) is 0 Å². The van der Waals surface area contributed by atoms with Crippen molar-refractivity contribution in [2.75, 3.05) is 29.9 Å². The fraction of sp³-hybridized carbons (Fsp3) is 0.545. The van der Waals surface area contributed by atoms with Crippen LogP contribution in [0.15, 0.2) is 10.8 Å². The molecule has 0 radical (unpaired) electrons. The molecule has 6 nitrogen and oxygen atoms in total. The number of aromatic nitrogens is 2. The molecule has 0 aliphatic rings. The normalized spacial score (nSPS) is 10.2. The van der Waals surface area contributed by atoms with E-state index in [1.165, 1.54) is 6.33 Å². The molecule has 1 amide bonds. The number of carbonyl (C=O) groups excluding carboxylic acids is 1. The maximum absolute atomic E-state index is 11.0. The predicted octanol–water partition coefficient (Wildman–Crippen LogP) is 1.37. The molecule has 1 aromatic rings. The number of amides is 1. The summed E-state index contributed by atoms with van der Waals surface area (Å²) in [5.74, 6) is 1.01. The largest absolute Gasteiger partial charge is 0.369 e. The van der Waals surface area contributed by atoms with Gasteiger partial charge in [0.25, 0.3) is 0 Å². The molecule has 0 bridgehead atoms. The smallest absolute Gasteiger partial charge is 0.236 e. The van der Waals surface area contributed by atoms with E-state index in [2.05, 4.69) is 38.1 Å². The Bertz CT molecular complexity index is 412. The first-order valence-electron chi connectivity index (χ1n) is 5.87. The highest BCUT2D eigenvalue weighted by Gasteiger charge is 2.15. The minimum absolute atomic E-state index is 0.138. The molecular formula is C11H18BrN5O. The molecular weight excluding hydrogens is 298 g/mol. The molecule has 1 aromatic heterocycles. The van der Waals surface area contributed by atoms with Crippen molar-refractivity contribution in [2.24, 2.45) is 5.73 Å². The molecule has 1 heterocycles. The first-order valence-corrected chi connectivity index (χ1v) is 6.67. The Balaban J connectivity index is 2.96. The Kier molecular flexibility index (Phi) is 5.84. The summed E-state index contributed by atoms with van der Waals surface area (Å²) in [7, 11) is 0. The molecule has 1 rings (SSSR count). The number of hydrogen-bond acceptors (Lipinski definition) is 5. The van der Waals surface area contributed by atoms with Crippen LogP contribution in [-0.2, 0) is 4.79 Å². The zero-order chi connectivity index (χ0) is 13.5. The Labute approximate surface area is 115 Å². The van der Waals surface area contributed by atoms with E-state index < -0.39 is 0 Å². The van der Waals surface area contributed by atoms with Crippen LogP contribution in [0.1, 0.15) is 20.3 Å². The molecule has 0 spiro atoms. The Morgan fingerprint density at radius 2 is 2.22 bits per heavy atom. The van der Waals surface area contributed by atoms with Crippen molar-refractivity contribution in [1.29, 1.82) is 0 Å². The van der Waals surface area contributed by atoms with Gasteiger partial charge < -0.3 is 16.0 Å². The fourth-order valence-corrected chi connectivity index (χ4v) is 2.07. The number of hydrogen-bond donors (Lipinski definition) is 2. The third-order valence-corrected chi connectivity index (χ3v) is 3.07. The summed E-state index contributed by atoms with van der Waals surface area (Å²) < 4.78 is 0.751. The van der Waals surface area contributed by atoms with Gasteiger partial charge in [0.1, 0.15) is 22.4 Å². The van der Waals surface area contributed by atoms with Crippen LogP contribution in [0.5, 0.6) is 0 Å². The van der Waals surface area contributed by atoms with Crippen LogP contribution in [0.25, 0.3) is 0 Å². The molecule has 0 aliphatic heterocycles. The van der Waals surface area contributed by atoms with Gasteiger partial charge in [-0.15, -0.1) is 0 Å². The third-order valence-electron chi connectivity index (χ3n) is 2.34. The van der Waals surface area contributed by atoms with Crippen LogP contribution < -0.4 is 16.0 Å². The number of rotatable bonds is 7. The molecule has 100 valence electrons. The number of likely N-dealkylation sites (N-methyl/N-ethyl adjacent to an activating group) is 1. The summed E-state index contributed by atoms with van der Waals surface area (Å²) in [6.07, 6.45) is 2.48. The summed E-state index contributed by atoms with van der Waals surface area (Å²) in [6.45, 7) is 5.63. The molecule has 0 aromatic carbocycles. The summed E-state index contributed by atoms with van der Waals surface area (Å²) >= 11 is 3.46. The average molecular weight is 316 g/mol. The van der Waals surface area contributed by atoms with Crippen LogP contribution in [0, 0.1) is 0 Å². The summed E-state index contributed by atoms with van der Waals surface area (Å²) in [6, 6.07) is 0. The molecule has 18 heavy (non-hydrogen) atoms. The third kappa shape index (κ3) is 3.83. The van der Waals surface area contributed by atoms with E-state index in [0.29, 0.717) is 12.4 Å². The van der Waals surface area contributed by atoms with Crippen molar-refractivity contribution in [3.8, 4) is 0 Å². The van der Waals surface area contributed by atoms with Gasteiger partial charge in [-0.05, 0) is 29.3 Å². The lowest BCUT2D eigenvalue weighted by molar-refractivity contribution is -0.116. The molecule has 0 unspecified atom stereocenters. The van der Waals surface area contributed by atoms with Gasteiger partial charge in [0, 0.05) is 13.1 Å². The van der Waals surface area contributed by atoms with Crippen LogP contribution in [0.3, 0.4) is 0 Å². The van der Waals surface area contributed by atoms with Crippen molar-refractivity contribution >= 4 is 33.5 Å². The fourth-order valence-electron chi connectivity index (χ4n) is 1.47. The predicted molar refractivity (Wildman–Crippen MR) is 75.6 cm³/mol. The van der Waals surface area contributed by atoms with Gasteiger partial charge in [0.15, 0.2) is 0 Å². The van der Waals surface area contributed by atoms with Crippen molar-refractivity contribution in [3.63, 3.8) is 0 Å². The van der Waals surface area contributed by atoms with E-state index in [1.807, 2.05) is 6.92 Å². The standard InChI is InChI=1S/C11H18BrN5O/c1-3-5-14-10-9(12)11(16-7-15-10)17(4-2)6-8(13)18/h7H,3-6H2,1-2H3,(H2,13,18)(H,14,15,16). The molecule has 0 fully saturated rings. The second-order valence-electron chi connectivity index (χ2n) is 3.77. The first-order chi connectivity index (χ1) is 8.60. The van der Waals surface area contributed by atoms with Gasteiger partial charge in [-0.1, -0.05) is 6.92 Å². The summed E-state index contributed by atoms with van der Waals surface area (Å²) in [5.41, 5.74) is 5.22. The van der Waals surface area contributed by atoms with Crippen molar-refractivity contribution in [3.05, 3.63) is 10.8 Å². The van der Waals surface area contributed by atoms with E-state index in [-0.39, 0.29) is 12.5 Å². The Hall–Kier alpha value is -1.37. The first kappa shape index (κ1) is 14.7. The van der Waals surface area contributed by atoms with E-state index in [0.717, 1.165) is 23.3 Å². The highest BCUT2D eigenvalue weighted by molar-refractivity contribution is 9.10. The average Bonchev–Trinajstić information content (AvgIpc) is 2.35. The van der Waals surface area contributed by atoms with Crippen LogP contribution in [0.4, 0.5) is 11.6 Å². The number of nitrogens with one attached hydrogen (secondary N) is 1. The Morgan fingerprint density at radius 3 is 2.78 bits per heavy atom. The topological polar surface area (TPSA) is 84.1 Å². The minimum Gasteiger partial charge on any atom is -0.369 e. The lowest BCUT2D eigenvalue weighted by atomic mass is 10.4. The number of primary amides is 1. The second-order valence-corrected chi connectivity index (χ2v) is 4.56. The van der Waals surface area contributed by atoms with E-state index in [9.17, 15) is 4.79 Å². The molecule has 0 atom stereocenters. The lowest BCUT2D eigenvalue weighted by Crippen LogP contribution is -2.34. The highest BCUT2D eigenvalue weighted by Crippen LogP contribution is 2.29. The molecule has 7 heteroatoms. The molecule has 3 N–H and O–H groups in total. The van der Waals surface area contributed by atoms with Gasteiger partial charge >= 0.3 is 0 Å². The number of nitrogens with two attached hydrogens (primary N) is 1. The summed E-state index contributed by atoms with van der Waals surface area (Å²) in [4.78, 5) is 21.2. The minimum atomic E-state index is -0.384. The maximum Gasteiger partial charge on any atom is 0.236 e.